The van der Waals surface area contributed by atoms with E-state index in [1.54, 1.807) is 0 Å². The van der Waals surface area contributed by atoms with Crippen LogP contribution in [0.2, 0.25) is 0 Å². The van der Waals surface area contributed by atoms with Gasteiger partial charge in [0.15, 0.2) is 5.82 Å². The summed E-state index contributed by atoms with van der Waals surface area (Å²) in [6.07, 6.45) is -5.26. The average Bonchev–Trinajstić information content (AvgIpc) is 3.34. The zero-order valence-corrected chi connectivity index (χ0v) is 18.7. The summed E-state index contributed by atoms with van der Waals surface area (Å²) in [5.41, 5.74) is 2.88. The van der Waals surface area contributed by atoms with Crippen molar-refractivity contribution in [3.63, 3.8) is 0 Å². The van der Waals surface area contributed by atoms with E-state index in [2.05, 4.69) is 15.4 Å². The highest BCUT2D eigenvalue weighted by atomic mass is 19.4. The van der Waals surface area contributed by atoms with Crippen LogP contribution in [0.15, 0.2) is 36.7 Å². The highest BCUT2D eigenvalue weighted by Gasteiger charge is 2.41. The van der Waals surface area contributed by atoms with Gasteiger partial charge in [0.05, 0.1) is 23.8 Å². The van der Waals surface area contributed by atoms with Crippen molar-refractivity contribution in [1.29, 1.82) is 0 Å². The van der Waals surface area contributed by atoms with E-state index >= 15 is 0 Å². The molecule has 9 nitrogen and oxygen atoms in total. The molecule has 2 aromatic heterocycles. The number of anilines is 1. The third-order valence-electron chi connectivity index (χ3n) is 5.68. The van der Waals surface area contributed by atoms with Crippen LogP contribution in [0, 0.1) is 0 Å². The number of likely N-dealkylation sites (tertiary alicyclic amines) is 1. The molecular weight excluding hydrogens is 472 g/mol. The molecule has 3 heterocycles. The molecule has 1 saturated heterocycles. The molecule has 0 spiro atoms. The number of alkyl halides is 4. The number of fused-ring (bicyclic) bond motifs is 1. The van der Waals surface area contributed by atoms with E-state index in [1.165, 1.54) is 38.1 Å². The topological polar surface area (TPSA) is 126 Å². The lowest BCUT2D eigenvalue weighted by molar-refractivity contribution is -0.146. The molecular formula is C22H22F4N6O3. The fraction of sp³-hybridized carbons (Fsp3) is 0.364. The van der Waals surface area contributed by atoms with Gasteiger partial charge in [-0.3, -0.25) is 9.59 Å². The second-order valence-electron chi connectivity index (χ2n) is 8.79. The molecule has 1 aromatic carbocycles. The molecule has 13 heteroatoms. The van der Waals surface area contributed by atoms with Gasteiger partial charge in [-0.25, -0.2) is 13.9 Å². The zero-order chi connectivity index (χ0) is 25.7. The molecule has 4 rings (SSSR count). The van der Waals surface area contributed by atoms with Gasteiger partial charge in [0.25, 0.3) is 11.8 Å². The number of aromatic nitrogens is 3. The molecule has 0 aliphatic carbocycles. The van der Waals surface area contributed by atoms with E-state index in [0.29, 0.717) is 0 Å². The maximum Gasteiger partial charge on any atom is 0.418 e. The number of amides is 2. The first-order valence-corrected chi connectivity index (χ1v) is 10.5. The molecule has 0 unspecified atom stereocenters. The highest BCUT2D eigenvalue weighted by Crippen LogP contribution is 2.38. The van der Waals surface area contributed by atoms with Crippen molar-refractivity contribution < 1.29 is 32.3 Å². The van der Waals surface area contributed by atoms with E-state index in [1.807, 2.05) is 0 Å². The number of carbonyl (C=O) groups excluding carboxylic acids is 2. The van der Waals surface area contributed by atoms with Gasteiger partial charge in [0, 0.05) is 17.7 Å². The maximum absolute atomic E-state index is 14.5. The minimum absolute atomic E-state index is 0.0299. The van der Waals surface area contributed by atoms with Crippen LogP contribution in [0.5, 0.6) is 0 Å². The van der Waals surface area contributed by atoms with Crippen molar-refractivity contribution in [3.05, 3.63) is 47.8 Å². The van der Waals surface area contributed by atoms with Crippen LogP contribution in [0.3, 0.4) is 0 Å². The van der Waals surface area contributed by atoms with Crippen LogP contribution in [-0.4, -0.2) is 67.3 Å². The van der Waals surface area contributed by atoms with Gasteiger partial charge in [-0.05, 0) is 32.0 Å². The number of nitrogens with two attached hydrogens (primary N) is 1. The summed E-state index contributed by atoms with van der Waals surface area (Å²) in [5.74, 6) is -1.70. The standard InChI is InChI=1S/C22H22F4N6O3/c1-21(2,35)20(34)31-8-14(23)15(9-31)30-19(33)12-5-3-4-11(6-12)16-7-13(22(24,25)26)17-18(27)28-10-29-32(16)17/h3-7,10,14-15,35H,8-9H2,1-2H3,(H,30,33)(H2,27,28,29)/t14-,15+/m0/s1. The van der Waals surface area contributed by atoms with E-state index in [0.717, 1.165) is 21.8 Å². The molecule has 1 fully saturated rings. The highest BCUT2D eigenvalue weighted by molar-refractivity contribution is 5.96. The number of nitrogens with one attached hydrogen (secondary N) is 1. The predicted molar refractivity (Wildman–Crippen MR) is 117 cm³/mol. The van der Waals surface area contributed by atoms with Gasteiger partial charge in [-0.15, -0.1) is 0 Å². The number of nitrogen functional groups attached to an aromatic ring is 1. The Balaban J connectivity index is 1.61. The first-order valence-electron chi connectivity index (χ1n) is 10.5. The number of halogens is 4. The summed E-state index contributed by atoms with van der Waals surface area (Å²) in [7, 11) is 0. The fourth-order valence-corrected chi connectivity index (χ4v) is 4.01. The Morgan fingerprint density at radius 2 is 1.91 bits per heavy atom. The van der Waals surface area contributed by atoms with E-state index in [4.69, 9.17) is 5.73 Å². The number of hydrogen-bond acceptors (Lipinski definition) is 6. The first-order chi connectivity index (χ1) is 16.3. The van der Waals surface area contributed by atoms with Crippen molar-refractivity contribution >= 4 is 23.1 Å². The van der Waals surface area contributed by atoms with E-state index in [9.17, 15) is 32.3 Å². The lowest BCUT2D eigenvalue weighted by Gasteiger charge is -2.24. The molecule has 3 aromatic rings. The SMILES string of the molecule is CC(C)(O)C(=O)N1C[C@H](F)[C@H](NC(=O)c2cccc(-c3cc(C(F)(F)F)c4c(N)ncnn34)c2)C1. The zero-order valence-electron chi connectivity index (χ0n) is 18.7. The summed E-state index contributed by atoms with van der Waals surface area (Å²) in [6.45, 7) is 2.15. The smallest absolute Gasteiger partial charge is 0.382 e. The van der Waals surface area contributed by atoms with Gasteiger partial charge in [-0.2, -0.15) is 18.3 Å². The molecule has 186 valence electrons. The minimum atomic E-state index is -4.72. The molecule has 2 atom stereocenters. The Kier molecular flexibility index (Phi) is 5.91. The number of nitrogens with zero attached hydrogens (tertiary/aromatic N) is 4. The van der Waals surface area contributed by atoms with Crippen LogP contribution in [0.4, 0.5) is 23.4 Å². The second-order valence-corrected chi connectivity index (χ2v) is 8.79. The maximum atomic E-state index is 14.5. The molecule has 1 aliphatic heterocycles. The van der Waals surface area contributed by atoms with Gasteiger partial charge in [-0.1, -0.05) is 12.1 Å². The van der Waals surface area contributed by atoms with Crippen LogP contribution in [-0.2, 0) is 11.0 Å². The minimum Gasteiger partial charge on any atom is -0.382 e. The number of rotatable bonds is 4. The summed E-state index contributed by atoms with van der Waals surface area (Å²) in [6, 6.07) is 5.58. The molecule has 0 bridgehead atoms. The normalized spacial score (nSPS) is 18.8. The monoisotopic (exact) mass is 494 g/mol. The largest absolute Gasteiger partial charge is 0.418 e. The molecule has 0 radical (unpaired) electrons. The molecule has 35 heavy (non-hydrogen) atoms. The van der Waals surface area contributed by atoms with Gasteiger partial charge >= 0.3 is 6.18 Å². The van der Waals surface area contributed by atoms with Gasteiger partial charge < -0.3 is 21.1 Å². The Bertz CT molecular complexity index is 1300. The van der Waals surface area contributed by atoms with Crippen LogP contribution < -0.4 is 11.1 Å². The number of aliphatic hydroxyl groups is 1. The van der Waals surface area contributed by atoms with Crippen molar-refractivity contribution in [2.75, 3.05) is 18.8 Å². The summed E-state index contributed by atoms with van der Waals surface area (Å²) in [5, 5.41) is 16.3. The Morgan fingerprint density at radius 3 is 2.57 bits per heavy atom. The van der Waals surface area contributed by atoms with Crippen LogP contribution in [0.25, 0.3) is 16.8 Å². The Morgan fingerprint density at radius 1 is 1.20 bits per heavy atom. The third kappa shape index (κ3) is 4.63. The predicted octanol–water partition coefficient (Wildman–Crippen LogP) is 2.05. The first kappa shape index (κ1) is 24.4. The van der Waals surface area contributed by atoms with Gasteiger partial charge in [0.2, 0.25) is 0 Å². The Labute approximate surface area is 196 Å². The van der Waals surface area contributed by atoms with Crippen molar-refractivity contribution in [2.24, 2.45) is 0 Å². The average molecular weight is 494 g/mol. The van der Waals surface area contributed by atoms with Crippen LogP contribution >= 0.6 is 0 Å². The molecule has 2 amide bonds. The fourth-order valence-electron chi connectivity index (χ4n) is 4.01. The summed E-state index contributed by atoms with van der Waals surface area (Å²) < 4.78 is 56.3. The van der Waals surface area contributed by atoms with E-state index in [-0.39, 0.29) is 35.7 Å². The third-order valence-corrected chi connectivity index (χ3v) is 5.68. The van der Waals surface area contributed by atoms with Gasteiger partial charge in [0.1, 0.15) is 23.6 Å². The van der Waals surface area contributed by atoms with Crippen molar-refractivity contribution in [2.45, 2.75) is 37.8 Å². The number of benzene rings is 1. The molecule has 4 N–H and O–H groups in total. The van der Waals surface area contributed by atoms with Crippen molar-refractivity contribution in [1.82, 2.24) is 24.8 Å². The molecule has 0 saturated carbocycles. The lowest BCUT2D eigenvalue weighted by Crippen LogP contribution is -2.46. The second kappa shape index (κ2) is 8.48. The lowest BCUT2D eigenvalue weighted by atomic mass is 10.1. The Hall–Kier alpha value is -3.74. The van der Waals surface area contributed by atoms with Crippen LogP contribution in [0.1, 0.15) is 29.8 Å². The summed E-state index contributed by atoms with van der Waals surface area (Å²) in [4.78, 5) is 29.8. The summed E-state index contributed by atoms with van der Waals surface area (Å²) >= 11 is 0. The van der Waals surface area contributed by atoms with E-state index < -0.39 is 46.9 Å². The quantitative estimate of drug-likeness (QED) is 0.477. The molecule has 1 aliphatic rings. The van der Waals surface area contributed by atoms with Crippen molar-refractivity contribution in [3.8, 4) is 11.3 Å². The number of carbonyl (C=O) groups is 2. The number of hydrogen-bond donors (Lipinski definition) is 3.